The molecule has 33 heavy (non-hydrogen) atoms. The Morgan fingerprint density at radius 1 is 1.12 bits per heavy atom. The van der Waals surface area contributed by atoms with Crippen LogP contribution < -0.4 is 4.74 Å². The first-order valence-electron chi connectivity index (χ1n) is 10.7. The van der Waals surface area contributed by atoms with E-state index in [-0.39, 0.29) is 12.2 Å². The van der Waals surface area contributed by atoms with E-state index in [9.17, 15) is 18.3 Å². The van der Waals surface area contributed by atoms with Gasteiger partial charge in [0.2, 0.25) is 0 Å². The molecule has 2 atom stereocenters. The number of aliphatic hydroxyl groups excluding tert-OH is 1. The number of alkyl halides is 2. The summed E-state index contributed by atoms with van der Waals surface area (Å²) in [6.07, 6.45) is 6.32. The van der Waals surface area contributed by atoms with Crippen LogP contribution in [0.3, 0.4) is 0 Å². The number of rotatable bonds is 5. The predicted octanol–water partition coefficient (Wildman–Crippen LogP) is 4.98. The van der Waals surface area contributed by atoms with Crippen molar-refractivity contribution >= 4 is 5.65 Å². The fraction of sp³-hybridized carbons (Fsp3) is 0.292. The van der Waals surface area contributed by atoms with E-state index in [1.165, 1.54) is 12.1 Å². The van der Waals surface area contributed by atoms with Crippen LogP contribution in [0.15, 0.2) is 48.9 Å². The third-order valence-corrected chi connectivity index (χ3v) is 6.32. The summed E-state index contributed by atoms with van der Waals surface area (Å²) in [4.78, 5) is 13.2. The Labute approximate surface area is 186 Å². The van der Waals surface area contributed by atoms with Crippen LogP contribution in [0.1, 0.15) is 60.0 Å². The van der Waals surface area contributed by atoms with Crippen LogP contribution in [0.4, 0.5) is 13.2 Å². The number of hydrogen-bond acceptors (Lipinski definition) is 5. The van der Waals surface area contributed by atoms with Crippen LogP contribution in [0.25, 0.3) is 16.8 Å². The van der Waals surface area contributed by atoms with Crippen molar-refractivity contribution in [3.05, 3.63) is 77.5 Å². The second kappa shape index (κ2) is 7.55. The maximum Gasteiger partial charge on any atom is 0.387 e. The summed E-state index contributed by atoms with van der Waals surface area (Å²) in [5.74, 6) is 0.260. The summed E-state index contributed by atoms with van der Waals surface area (Å²) in [5, 5.41) is 10.7. The van der Waals surface area contributed by atoms with Gasteiger partial charge >= 0.3 is 6.61 Å². The maximum absolute atomic E-state index is 15.0. The van der Waals surface area contributed by atoms with E-state index in [1.807, 2.05) is 0 Å². The molecule has 1 aromatic carbocycles. The molecule has 0 amide bonds. The number of aliphatic hydroxyl groups is 1. The Balaban J connectivity index is 1.47. The van der Waals surface area contributed by atoms with Gasteiger partial charge in [-0.15, -0.1) is 0 Å². The van der Waals surface area contributed by atoms with Crippen LogP contribution in [0.2, 0.25) is 0 Å². The van der Waals surface area contributed by atoms with Gasteiger partial charge in [-0.05, 0) is 25.3 Å². The normalized spacial score (nSPS) is 19.9. The maximum atomic E-state index is 15.0. The first-order valence-corrected chi connectivity index (χ1v) is 10.7. The minimum absolute atomic E-state index is 0.0406. The zero-order valence-corrected chi connectivity index (χ0v) is 17.3. The van der Waals surface area contributed by atoms with Gasteiger partial charge in [-0.2, -0.15) is 8.78 Å². The number of halogens is 3. The zero-order valence-electron chi connectivity index (χ0n) is 17.3. The molecule has 0 unspecified atom stereocenters. The molecule has 168 valence electrons. The summed E-state index contributed by atoms with van der Waals surface area (Å²) in [7, 11) is 0. The largest absolute Gasteiger partial charge is 0.435 e. The highest BCUT2D eigenvalue weighted by Crippen LogP contribution is 2.47. The van der Waals surface area contributed by atoms with E-state index in [2.05, 4.69) is 15.0 Å². The van der Waals surface area contributed by atoms with Gasteiger partial charge in [0.15, 0.2) is 0 Å². The van der Waals surface area contributed by atoms with Crippen molar-refractivity contribution in [1.82, 2.24) is 19.4 Å². The molecule has 1 N–H and O–H groups in total. The van der Waals surface area contributed by atoms with E-state index in [0.717, 1.165) is 18.7 Å². The van der Waals surface area contributed by atoms with Crippen LogP contribution >= 0.6 is 0 Å². The smallest absolute Gasteiger partial charge is 0.387 e. The van der Waals surface area contributed by atoms with Gasteiger partial charge in [-0.1, -0.05) is 18.2 Å². The molecule has 0 spiro atoms. The minimum atomic E-state index is -2.97. The number of hydrogen-bond donors (Lipinski definition) is 1. The number of nitrogens with zero attached hydrogens (tertiary/aromatic N) is 4. The molecule has 1 saturated carbocycles. The molecule has 0 aliphatic heterocycles. The Hall–Kier alpha value is -3.46. The summed E-state index contributed by atoms with van der Waals surface area (Å²) < 4.78 is 47.4. The van der Waals surface area contributed by atoms with E-state index in [4.69, 9.17) is 4.74 Å². The Morgan fingerprint density at radius 2 is 1.88 bits per heavy atom. The monoisotopic (exact) mass is 452 g/mol. The minimum Gasteiger partial charge on any atom is -0.435 e. The number of aromatic nitrogens is 4. The number of pyridine rings is 1. The van der Waals surface area contributed by atoms with E-state index >= 15 is 0 Å². The molecule has 9 heteroatoms. The number of para-hydroxylation sites is 1. The average Bonchev–Trinajstić information content (AvgIpc) is 3.51. The van der Waals surface area contributed by atoms with E-state index < -0.39 is 24.5 Å². The molecule has 2 aliphatic rings. The van der Waals surface area contributed by atoms with Gasteiger partial charge in [0, 0.05) is 53.2 Å². The summed E-state index contributed by atoms with van der Waals surface area (Å²) in [6.45, 7) is -2.97. The number of imidazole rings is 1. The van der Waals surface area contributed by atoms with Crippen molar-refractivity contribution in [3.8, 4) is 16.9 Å². The van der Waals surface area contributed by atoms with Gasteiger partial charge in [-0.3, -0.25) is 0 Å². The van der Waals surface area contributed by atoms with E-state index in [1.54, 1.807) is 41.2 Å². The molecular formula is C24H19F3N4O2. The fourth-order valence-electron chi connectivity index (χ4n) is 4.63. The lowest BCUT2D eigenvalue weighted by Gasteiger charge is -2.17. The molecule has 3 heterocycles. The van der Waals surface area contributed by atoms with Gasteiger partial charge in [0.25, 0.3) is 0 Å². The molecule has 0 radical (unpaired) electrons. The second-order valence-electron chi connectivity index (χ2n) is 8.47. The average molecular weight is 452 g/mol. The topological polar surface area (TPSA) is 72.5 Å². The molecule has 6 rings (SSSR count). The lowest BCUT2D eigenvalue weighted by Crippen LogP contribution is -2.08. The number of benzene rings is 1. The third kappa shape index (κ3) is 3.43. The van der Waals surface area contributed by atoms with Crippen molar-refractivity contribution in [2.75, 3.05) is 0 Å². The standard InChI is InChI=1S/C24H19F3N4O2/c25-17-8-20-30-21-18(32)7-15(14-3-1-2-4-19(14)33-24(26)27)22(21)31(20)11-16(17)13-9-28-23(29-10-13)12-5-6-12/h1-4,8-12,15,18,24,32H,5-7H2/t15-,18-/m1/s1. The Bertz CT molecular complexity index is 1350. The molecule has 0 saturated heterocycles. The molecule has 1 fully saturated rings. The van der Waals surface area contributed by atoms with Crippen LogP contribution in [0, 0.1) is 5.82 Å². The van der Waals surface area contributed by atoms with Crippen molar-refractivity contribution in [2.24, 2.45) is 0 Å². The molecule has 0 bridgehead atoms. The zero-order chi connectivity index (χ0) is 22.7. The Kier molecular flexibility index (Phi) is 4.62. The first-order chi connectivity index (χ1) is 16.0. The van der Waals surface area contributed by atoms with E-state index in [0.29, 0.717) is 39.6 Å². The van der Waals surface area contributed by atoms with Gasteiger partial charge in [0.05, 0.1) is 17.5 Å². The molecule has 3 aromatic heterocycles. The van der Waals surface area contributed by atoms with Crippen LogP contribution in [-0.2, 0) is 0 Å². The summed E-state index contributed by atoms with van der Waals surface area (Å²) in [5.41, 5.74) is 2.69. The quantitative estimate of drug-likeness (QED) is 0.463. The van der Waals surface area contributed by atoms with Gasteiger partial charge < -0.3 is 14.2 Å². The first kappa shape index (κ1) is 20.2. The highest BCUT2D eigenvalue weighted by molar-refractivity contribution is 5.65. The summed E-state index contributed by atoms with van der Waals surface area (Å²) >= 11 is 0. The molecule has 6 nitrogen and oxygen atoms in total. The fourth-order valence-corrected chi connectivity index (χ4v) is 4.63. The van der Waals surface area contributed by atoms with Crippen molar-refractivity contribution in [2.45, 2.75) is 43.8 Å². The van der Waals surface area contributed by atoms with Crippen molar-refractivity contribution in [3.63, 3.8) is 0 Å². The number of ether oxygens (including phenoxy) is 1. The van der Waals surface area contributed by atoms with Crippen LogP contribution in [-0.4, -0.2) is 31.1 Å². The van der Waals surface area contributed by atoms with Crippen molar-refractivity contribution in [1.29, 1.82) is 0 Å². The highest BCUT2D eigenvalue weighted by atomic mass is 19.3. The van der Waals surface area contributed by atoms with Gasteiger partial charge in [-0.25, -0.2) is 19.3 Å². The van der Waals surface area contributed by atoms with Crippen molar-refractivity contribution < 1.29 is 23.0 Å². The van der Waals surface area contributed by atoms with Gasteiger partial charge in [0.1, 0.15) is 23.0 Å². The SMILES string of the molecule is O[C@@H]1C[C@H](c2ccccc2OC(F)F)c2c1nc1cc(F)c(-c3cnc(C4CC4)nc3)cn21. The highest BCUT2D eigenvalue weighted by Gasteiger charge is 2.37. The number of fused-ring (bicyclic) bond motifs is 3. The summed E-state index contributed by atoms with van der Waals surface area (Å²) in [6, 6.07) is 7.80. The molecule has 4 aromatic rings. The Morgan fingerprint density at radius 3 is 2.61 bits per heavy atom. The predicted molar refractivity (Wildman–Crippen MR) is 113 cm³/mol. The molecular weight excluding hydrogens is 433 g/mol. The van der Waals surface area contributed by atoms with Crippen LogP contribution in [0.5, 0.6) is 5.75 Å². The molecule has 2 aliphatic carbocycles. The lowest BCUT2D eigenvalue weighted by atomic mass is 9.95. The third-order valence-electron chi connectivity index (χ3n) is 6.32. The lowest BCUT2D eigenvalue weighted by molar-refractivity contribution is -0.0506. The second-order valence-corrected chi connectivity index (χ2v) is 8.47.